The molecular weight excluding hydrogens is 180 g/mol. The van der Waals surface area contributed by atoms with E-state index in [9.17, 15) is 4.79 Å². The molecule has 0 aromatic heterocycles. The van der Waals surface area contributed by atoms with Crippen molar-refractivity contribution in [3.63, 3.8) is 0 Å². The van der Waals surface area contributed by atoms with Crippen molar-refractivity contribution in [3.05, 3.63) is 0 Å². The summed E-state index contributed by atoms with van der Waals surface area (Å²) in [7, 11) is 0. The summed E-state index contributed by atoms with van der Waals surface area (Å²) >= 11 is 0. The molecule has 0 saturated carbocycles. The van der Waals surface area contributed by atoms with E-state index in [4.69, 9.17) is 15.3 Å². The highest BCUT2D eigenvalue weighted by Crippen LogP contribution is 2.03. The van der Waals surface area contributed by atoms with E-state index in [-0.39, 0.29) is 19.0 Å². The fourth-order valence-electron chi connectivity index (χ4n) is 0.933. The molecule has 4 nitrogen and oxygen atoms in total. The van der Waals surface area contributed by atoms with Gasteiger partial charge in [0, 0.05) is 12.8 Å². The Morgan fingerprint density at radius 1 is 1.07 bits per heavy atom. The lowest BCUT2D eigenvalue weighted by molar-refractivity contribution is -0.143. The second-order valence-corrected chi connectivity index (χ2v) is 2.85. The molecule has 0 fully saturated rings. The molecule has 0 N–H and O–H groups in total. The Bertz CT molecular complexity index is 237. The van der Waals surface area contributed by atoms with E-state index < -0.39 is 0 Å². The van der Waals surface area contributed by atoms with Crippen LogP contribution in [0.4, 0.5) is 0 Å². The average molecular weight is 194 g/mol. The minimum Gasteiger partial charge on any atom is -0.465 e. The van der Waals surface area contributed by atoms with Gasteiger partial charge in [-0.2, -0.15) is 10.5 Å². The molecule has 0 spiro atoms. The molecule has 0 heterocycles. The monoisotopic (exact) mass is 194 g/mol. The van der Waals surface area contributed by atoms with Crippen LogP contribution in [-0.2, 0) is 9.53 Å². The Kier molecular flexibility index (Phi) is 8.48. The van der Waals surface area contributed by atoms with Crippen LogP contribution in [0.3, 0.4) is 0 Å². The maximum atomic E-state index is 11.0. The molecule has 0 aromatic carbocycles. The summed E-state index contributed by atoms with van der Waals surface area (Å²) in [6, 6.07) is 3.94. The predicted molar refractivity (Wildman–Crippen MR) is 49.9 cm³/mol. The van der Waals surface area contributed by atoms with Crippen molar-refractivity contribution in [3.8, 4) is 12.1 Å². The molecule has 0 bridgehead atoms. The zero-order valence-corrected chi connectivity index (χ0v) is 8.16. The van der Waals surface area contributed by atoms with Crippen LogP contribution in [0.2, 0.25) is 0 Å². The summed E-state index contributed by atoms with van der Waals surface area (Å²) in [5, 5.41) is 16.4. The third kappa shape index (κ3) is 8.55. The van der Waals surface area contributed by atoms with Crippen molar-refractivity contribution in [2.45, 2.75) is 38.5 Å². The fraction of sp³-hybridized carbons (Fsp3) is 0.700. The number of nitriles is 2. The van der Waals surface area contributed by atoms with Gasteiger partial charge in [0.15, 0.2) is 0 Å². The first kappa shape index (κ1) is 12.4. The zero-order valence-electron chi connectivity index (χ0n) is 8.16. The van der Waals surface area contributed by atoms with Crippen molar-refractivity contribution < 1.29 is 9.53 Å². The third-order valence-corrected chi connectivity index (χ3v) is 1.65. The Hall–Kier alpha value is -1.55. The van der Waals surface area contributed by atoms with Crippen LogP contribution in [0.25, 0.3) is 0 Å². The molecule has 0 aliphatic rings. The van der Waals surface area contributed by atoms with Crippen molar-refractivity contribution in [1.82, 2.24) is 0 Å². The van der Waals surface area contributed by atoms with Gasteiger partial charge in [0.1, 0.15) is 6.61 Å². The summed E-state index contributed by atoms with van der Waals surface area (Å²) in [6.45, 7) is 0.188. The fourth-order valence-corrected chi connectivity index (χ4v) is 0.933. The van der Waals surface area contributed by atoms with E-state index in [1.165, 1.54) is 0 Å². The molecule has 0 aliphatic heterocycles. The molecular formula is C10H14N2O2. The molecule has 14 heavy (non-hydrogen) atoms. The Morgan fingerprint density at radius 3 is 2.43 bits per heavy atom. The van der Waals surface area contributed by atoms with E-state index in [0.717, 1.165) is 19.3 Å². The first-order chi connectivity index (χ1) is 6.81. The van der Waals surface area contributed by atoms with Crippen molar-refractivity contribution >= 4 is 5.97 Å². The quantitative estimate of drug-likeness (QED) is 0.458. The summed E-state index contributed by atoms with van der Waals surface area (Å²) in [5.41, 5.74) is 0. The largest absolute Gasteiger partial charge is 0.465 e. The minimum atomic E-state index is -0.253. The number of hydrogen-bond donors (Lipinski definition) is 0. The maximum absolute atomic E-state index is 11.0. The van der Waals surface area contributed by atoms with Crippen LogP contribution in [0.5, 0.6) is 0 Å². The molecule has 0 saturated heterocycles. The van der Waals surface area contributed by atoms with Crippen LogP contribution < -0.4 is 0 Å². The van der Waals surface area contributed by atoms with Gasteiger partial charge in [-0.3, -0.25) is 4.79 Å². The van der Waals surface area contributed by atoms with E-state index >= 15 is 0 Å². The van der Waals surface area contributed by atoms with E-state index in [2.05, 4.69) is 0 Å². The molecule has 0 radical (unpaired) electrons. The van der Waals surface area contributed by atoms with Gasteiger partial charge < -0.3 is 4.74 Å². The standard InChI is InChI=1S/C10H14N2O2/c11-7-4-2-1-3-6-10(13)14-9-5-8-12/h1-6,9H2. The number of hydrogen-bond acceptors (Lipinski definition) is 4. The smallest absolute Gasteiger partial charge is 0.305 e. The van der Waals surface area contributed by atoms with Crippen LogP contribution in [0.1, 0.15) is 38.5 Å². The molecule has 0 unspecified atom stereocenters. The van der Waals surface area contributed by atoms with Gasteiger partial charge in [0.2, 0.25) is 0 Å². The first-order valence-electron chi connectivity index (χ1n) is 4.70. The third-order valence-electron chi connectivity index (χ3n) is 1.65. The molecule has 0 atom stereocenters. The number of esters is 1. The normalized spacial score (nSPS) is 8.71. The molecule has 0 amide bonds. The molecule has 76 valence electrons. The molecule has 0 aliphatic carbocycles. The first-order valence-corrected chi connectivity index (χ1v) is 4.70. The van der Waals surface area contributed by atoms with Gasteiger partial charge >= 0.3 is 5.97 Å². The van der Waals surface area contributed by atoms with Crippen LogP contribution in [-0.4, -0.2) is 12.6 Å². The number of ether oxygens (including phenoxy) is 1. The van der Waals surface area contributed by atoms with Crippen LogP contribution in [0.15, 0.2) is 0 Å². The topological polar surface area (TPSA) is 73.9 Å². The molecule has 4 heteroatoms. The maximum Gasteiger partial charge on any atom is 0.305 e. The summed E-state index contributed by atoms with van der Waals surface area (Å²) in [5.74, 6) is -0.253. The zero-order chi connectivity index (χ0) is 10.6. The lowest BCUT2D eigenvalue weighted by Gasteiger charge is -2.01. The van der Waals surface area contributed by atoms with E-state index in [0.29, 0.717) is 12.8 Å². The van der Waals surface area contributed by atoms with Crippen molar-refractivity contribution in [1.29, 1.82) is 10.5 Å². The number of carbonyl (C=O) groups excluding carboxylic acids is 1. The highest BCUT2D eigenvalue weighted by Gasteiger charge is 2.01. The second kappa shape index (κ2) is 9.54. The van der Waals surface area contributed by atoms with Gasteiger partial charge in [-0.1, -0.05) is 6.42 Å². The van der Waals surface area contributed by atoms with E-state index in [1.54, 1.807) is 0 Å². The molecule has 0 rings (SSSR count). The van der Waals surface area contributed by atoms with Crippen LogP contribution in [0, 0.1) is 22.7 Å². The number of unbranched alkanes of at least 4 members (excludes halogenated alkanes) is 3. The molecule has 0 aromatic rings. The van der Waals surface area contributed by atoms with Gasteiger partial charge in [-0.25, -0.2) is 0 Å². The summed E-state index contributed by atoms with van der Waals surface area (Å²) in [4.78, 5) is 11.0. The van der Waals surface area contributed by atoms with Crippen molar-refractivity contribution in [2.24, 2.45) is 0 Å². The highest BCUT2D eigenvalue weighted by molar-refractivity contribution is 5.69. The average Bonchev–Trinajstić information content (AvgIpc) is 2.18. The van der Waals surface area contributed by atoms with Crippen LogP contribution >= 0.6 is 0 Å². The Morgan fingerprint density at radius 2 is 1.79 bits per heavy atom. The van der Waals surface area contributed by atoms with E-state index in [1.807, 2.05) is 12.1 Å². The lowest BCUT2D eigenvalue weighted by atomic mass is 10.1. The predicted octanol–water partition coefficient (Wildman–Crippen LogP) is 1.92. The van der Waals surface area contributed by atoms with Gasteiger partial charge in [0.05, 0.1) is 18.6 Å². The Labute approximate surface area is 84.1 Å². The Balaban J connectivity index is 3.20. The number of carbonyl (C=O) groups is 1. The summed E-state index contributed by atoms with van der Waals surface area (Å²) in [6.07, 6.45) is 3.65. The lowest BCUT2D eigenvalue weighted by Crippen LogP contribution is -2.04. The van der Waals surface area contributed by atoms with Crippen molar-refractivity contribution in [2.75, 3.05) is 6.61 Å². The minimum absolute atomic E-state index is 0.188. The highest BCUT2D eigenvalue weighted by atomic mass is 16.5. The number of rotatable bonds is 7. The van der Waals surface area contributed by atoms with Gasteiger partial charge in [-0.15, -0.1) is 0 Å². The number of nitrogens with zero attached hydrogens (tertiary/aromatic N) is 2. The van der Waals surface area contributed by atoms with Gasteiger partial charge in [-0.05, 0) is 12.8 Å². The second-order valence-electron chi connectivity index (χ2n) is 2.85. The summed E-state index contributed by atoms with van der Waals surface area (Å²) < 4.78 is 4.76. The van der Waals surface area contributed by atoms with Gasteiger partial charge in [0.25, 0.3) is 0 Å². The SMILES string of the molecule is N#CCCCCCC(=O)OCCC#N.